The monoisotopic (exact) mass is 316 g/mol. The van der Waals surface area contributed by atoms with Gasteiger partial charge < -0.3 is 4.74 Å². The van der Waals surface area contributed by atoms with Crippen molar-refractivity contribution < 1.29 is 4.74 Å². The minimum absolute atomic E-state index is 0.0763. The Kier molecular flexibility index (Phi) is 4.00. The summed E-state index contributed by atoms with van der Waals surface area (Å²) in [6.45, 7) is 0.729. The molecule has 1 nitrogen and oxygen atoms in total. The standard InChI is InChI=1S/C17H17BrO/c18-11-12-19-17-15-7-3-1-5-13(15)9-10-14-6-2-4-8-16(14)17/h1-8,17H,9-12H2. The molecule has 1 aliphatic rings. The van der Waals surface area contributed by atoms with Crippen molar-refractivity contribution in [3.8, 4) is 0 Å². The highest BCUT2D eigenvalue weighted by Crippen LogP contribution is 2.34. The van der Waals surface area contributed by atoms with Gasteiger partial charge in [-0.15, -0.1) is 0 Å². The average molecular weight is 317 g/mol. The van der Waals surface area contributed by atoms with Gasteiger partial charge in [-0.25, -0.2) is 0 Å². The number of halogens is 1. The van der Waals surface area contributed by atoms with E-state index in [-0.39, 0.29) is 6.10 Å². The summed E-state index contributed by atoms with van der Waals surface area (Å²) in [5, 5.41) is 0.869. The highest BCUT2D eigenvalue weighted by molar-refractivity contribution is 9.09. The lowest BCUT2D eigenvalue weighted by molar-refractivity contribution is 0.0936. The maximum Gasteiger partial charge on any atom is 0.108 e. The molecule has 0 saturated heterocycles. The smallest absolute Gasteiger partial charge is 0.108 e. The number of hydrogen-bond donors (Lipinski definition) is 0. The van der Waals surface area contributed by atoms with Crippen molar-refractivity contribution in [2.45, 2.75) is 18.9 Å². The van der Waals surface area contributed by atoms with E-state index in [0.717, 1.165) is 24.8 Å². The highest BCUT2D eigenvalue weighted by Gasteiger charge is 2.23. The van der Waals surface area contributed by atoms with Gasteiger partial charge in [-0.2, -0.15) is 0 Å². The molecule has 0 aromatic heterocycles. The zero-order valence-corrected chi connectivity index (χ0v) is 12.4. The van der Waals surface area contributed by atoms with E-state index in [0.29, 0.717) is 0 Å². The first-order chi connectivity index (χ1) is 9.40. The summed E-state index contributed by atoms with van der Waals surface area (Å²) in [5.41, 5.74) is 5.48. The molecule has 0 aliphatic heterocycles. The van der Waals surface area contributed by atoms with Gasteiger partial charge in [0, 0.05) is 5.33 Å². The molecule has 0 unspecified atom stereocenters. The zero-order chi connectivity index (χ0) is 13.1. The first-order valence-corrected chi connectivity index (χ1v) is 7.85. The van der Waals surface area contributed by atoms with Crippen LogP contribution in [0.3, 0.4) is 0 Å². The lowest BCUT2D eigenvalue weighted by atomic mass is 9.97. The summed E-state index contributed by atoms with van der Waals surface area (Å²) in [7, 11) is 0. The minimum atomic E-state index is 0.0763. The topological polar surface area (TPSA) is 9.23 Å². The number of benzene rings is 2. The predicted octanol–water partition coefficient (Wildman–Crippen LogP) is 4.29. The van der Waals surface area contributed by atoms with E-state index >= 15 is 0 Å². The number of aryl methyl sites for hydroxylation is 2. The Morgan fingerprint density at radius 1 is 0.895 bits per heavy atom. The second kappa shape index (κ2) is 5.89. The van der Waals surface area contributed by atoms with Gasteiger partial charge in [0.1, 0.15) is 6.10 Å². The number of ether oxygens (including phenoxy) is 1. The molecular formula is C17H17BrO. The highest BCUT2D eigenvalue weighted by atomic mass is 79.9. The first-order valence-electron chi connectivity index (χ1n) is 6.73. The molecule has 0 fully saturated rings. The van der Waals surface area contributed by atoms with Crippen molar-refractivity contribution in [1.29, 1.82) is 0 Å². The van der Waals surface area contributed by atoms with Crippen LogP contribution in [0.4, 0.5) is 0 Å². The van der Waals surface area contributed by atoms with Gasteiger partial charge in [0.25, 0.3) is 0 Å². The molecule has 2 aromatic carbocycles. The molecule has 0 saturated carbocycles. The summed E-state index contributed by atoms with van der Waals surface area (Å²) in [5.74, 6) is 0. The predicted molar refractivity (Wildman–Crippen MR) is 81.9 cm³/mol. The molecule has 0 spiro atoms. The van der Waals surface area contributed by atoms with Gasteiger partial charge in [-0.05, 0) is 35.1 Å². The van der Waals surface area contributed by atoms with Gasteiger partial charge in [0.05, 0.1) is 6.61 Å². The second-order valence-corrected chi connectivity index (χ2v) is 5.63. The fourth-order valence-electron chi connectivity index (χ4n) is 2.81. The maximum absolute atomic E-state index is 6.12. The van der Waals surface area contributed by atoms with Crippen molar-refractivity contribution in [1.82, 2.24) is 0 Å². The van der Waals surface area contributed by atoms with Crippen molar-refractivity contribution >= 4 is 15.9 Å². The van der Waals surface area contributed by atoms with Crippen molar-refractivity contribution in [2.75, 3.05) is 11.9 Å². The third kappa shape index (κ3) is 2.60. The Hall–Kier alpha value is -1.12. The fraction of sp³-hybridized carbons (Fsp3) is 0.294. The molecule has 0 N–H and O–H groups in total. The van der Waals surface area contributed by atoms with E-state index in [1.165, 1.54) is 22.3 Å². The molecular weight excluding hydrogens is 300 g/mol. The summed E-state index contributed by atoms with van der Waals surface area (Å²) in [6, 6.07) is 17.3. The Labute approximate surface area is 122 Å². The van der Waals surface area contributed by atoms with Gasteiger partial charge in [0.2, 0.25) is 0 Å². The van der Waals surface area contributed by atoms with E-state index in [9.17, 15) is 0 Å². The quantitative estimate of drug-likeness (QED) is 0.768. The number of alkyl halides is 1. The van der Waals surface area contributed by atoms with Gasteiger partial charge in [-0.1, -0.05) is 64.5 Å². The summed E-state index contributed by atoms with van der Waals surface area (Å²) >= 11 is 3.45. The van der Waals surface area contributed by atoms with E-state index in [4.69, 9.17) is 4.74 Å². The van der Waals surface area contributed by atoms with Crippen LogP contribution < -0.4 is 0 Å². The van der Waals surface area contributed by atoms with Gasteiger partial charge >= 0.3 is 0 Å². The molecule has 0 atom stereocenters. The van der Waals surface area contributed by atoms with E-state index < -0.39 is 0 Å². The van der Waals surface area contributed by atoms with Crippen LogP contribution in [-0.2, 0) is 17.6 Å². The van der Waals surface area contributed by atoms with Crippen molar-refractivity contribution in [2.24, 2.45) is 0 Å². The normalized spacial score (nSPS) is 14.6. The van der Waals surface area contributed by atoms with Crippen LogP contribution in [0.25, 0.3) is 0 Å². The average Bonchev–Trinajstić information content (AvgIpc) is 2.62. The van der Waals surface area contributed by atoms with Crippen LogP contribution in [0.1, 0.15) is 28.4 Å². The minimum Gasteiger partial charge on any atom is -0.368 e. The molecule has 0 bridgehead atoms. The van der Waals surface area contributed by atoms with Crippen LogP contribution in [0.5, 0.6) is 0 Å². The largest absolute Gasteiger partial charge is 0.368 e. The Balaban J connectivity index is 2.08. The molecule has 98 valence electrons. The number of rotatable bonds is 3. The van der Waals surface area contributed by atoms with Crippen molar-refractivity contribution in [3.05, 3.63) is 70.8 Å². The first kappa shape index (κ1) is 12.9. The van der Waals surface area contributed by atoms with E-state index in [1.807, 2.05) is 0 Å². The van der Waals surface area contributed by atoms with Crippen LogP contribution in [0.15, 0.2) is 48.5 Å². The second-order valence-electron chi connectivity index (χ2n) is 4.84. The Morgan fingerprint density at radius 3 is 1.95 bits per heavy atom. The Morgan fingerprint density at radius 2 is 1.42 bits per heavy atom. The van der Waals surface area contributed by atoms with Crippen LogP contribution in [0, 0.1) is 0 Å². The fourth-order valence-corrected chi connectivity index (χ4v) is 3.00. The van der Waals surface area contributed by atoms with Crippen molar-refractivity contribution in [3.63, 3.8) is 0 Å². The SMILES string of the molecule is BrCCOC1c2ccccc2CCc2ccccc21. The molecule has 0 amide bonds. The summed E-state index contributed by atoms with van der Waals surface area (Å²) in [6.07, 6.45) is 2.27. The van der Waals surface area contributed by atoms with Gasteiger partial charge in [-0.3, -0.25) is 0 Å². The number of hydrogen-bond acceptors (Lipinski definition) is 1. The third-order valence-corrected chi connectivity index (χ3v) is 4.02. The zero-order valence-electron chi connectivity index (χ0n) is 10.8. The lowest BCUT2D eigenvalue weighted by Crippen LogP contribution is -2.09. The molecule has 0 radical (unpaired) electrons. The molecule has 2 aromatic rings. The molecule has 2 heteroatoms. The molecule has 1 aliphatic carbocycles. The van der Waals surface area contributed by atoms with Gasteiger partial charge in [0.15, 0.2) is 0 Å². The van der Waals surface area contributed by atoms with Crippen LogP contribution >= 0.6 is 15.9 Å². The Bertz CT molecular complexity index is 517. The molecule has 3 rings (SSSR count). The number of fused-ring (bicyclic) bond motifs is 2. The molecule has 19 heavy (non-hydrogen) atoms. The van der Waals surface area contributed by atoms with E-state index in [2.05, 4.69) is 64.5 Å². The summed E-state index contributed by atoms with van der Waals surface area (Å²) in [4.78, 5) is 0. The third-order valence-electron chi connectivity index (χ3n) is 3.70. The van der Waals surface area contributed by atoms with Crippen LogP contribution in [-0.4, -0.2) is 11.9 Å². The lowest BCUT2D eigenvalue weighted by Gasteiger charge is -2.20. The maximum atomic E-state index is 6.12. The van der Waals surface area contributed by atoms with Crippen LogP contribution in [0.2, 0.25) is 0 Å². The molecule has 0 heterocycles. The van der Waals surface area contributed by atoms with E-state index in [1.54, 1.807) is 0 Å². The summed E-state index contributed by atoms with van der Waals surface area (Å²) < 4.78 is 6.12.